The molecule has 1 saturated heterocycles. The average Bonchev–Trinajstić information content (AvgIpc) is 3.52. The Bertz CT molecular complexity index is 891. The molecule has 1 aromatic rings. The third-order valence-corrected chi connectivity index (χ3v) is 7.47. The standard InChI is InChI=1S/C25H36N4O6/c1-18-8-7-13-29(18,23(32)21(16-28(35)17-30)14-19-9-5-6-10-19)25(34)27-24(33)26-15-22(31)20-11-3-2-4-12-20/h2-4,11-12,17-19,21-22,31,35H,5-10,13-16H2,1H3,(H-,26,27,33,34)/p+1/t18-,21-,22-,29?/m1/s1. The zero-order chi connectivity index (χ0) is 25.4. The normalized spacial score (nSPS) is 23.9. The quantitative estimate of drug-likeness (QED) is 0.182. The Morgan fingerprint density at radius 1 is 1.14 bits per heavy atom. The van der Waals surface area contributed by atoms with Crippen molar-refractivity contribution in [2.75, 3.05) is 19.6 Å². The van der Waals surface area contributed by atoms with Gasteiger partial charge >= 0.3 is 18.0 Å². The number of quaternary nitrogens is 1. The highest BCUT2D eigenvalue weighted by molar-refractivity contribution is 5.95. The summed E-state index contributed by atoms with van der Waals surface area (Å²) in [4.78, 5) is 50.9. The van der Waals surface area contributed by atoms with Crippen LogP contribution in [-0.4, -0.2) is 69.9 Å². The highest BCUT2D eigenvalue weighted by atomic mass is 16.5. The number of aliphatic hydroxyl groups is 1. The van der Waals surface area contributed by atoms with Crippen molar-refractivity contribution >= 4 is 24.4 Å². The molecule has 0 bridgehead atoms. The lowest BCUT2D eigenvalue weighted by molar-refractivity contribution is -0.786. The number of carbonyl (C=O) groups is 4. The average molecular weight is 490 g/mol. The molecule has 0 aromatic heterocycles. The van der Waals surface area contributed by atoms with E-state index in [0.29, 0.717) is 35.8 Å². The predicted octanol–water partition coefficient (Wildman–Crippen LogP) is 2.71. The van der Waals surface area contributed by atoms with Crippen LogP contribution in [-0.2, 0) is 9.59 Å². The van der Waals surface area contributed by atoms with E-state index in [1.807, 2.05) is 13.0 Å². The van der Waals surface area contributed by atoms with Gasteiger partial charge in [0, 0.05) is 19.4 Å². The molecule has 6 amide bonds. The molecule has 10 nitrogen and oxygen atoms in total. The molecule has 2 fully saturated rings. The monoisotopic (exact) mass is 489 g/mol. The molecule has 0 radical (unpaired) electrons. The summed E-state index contributed by atoms with van der Waals surface area (Å²) in [6.07, 6.45) is 5.19. The third kappa shape index (κ3) is 6.45. The second kappa shape index (κ2) is 12.2. The maximum Gasteiger partial charge on any atom is 0.432 e. The molecular formula is C25H37N4O6+. The fraction of sp³-hybridized carbons (Fsp3) is 0.600. The molecule has 1 aliphatic heterocycles. The maximum atomic E-state index is 13.9. The summed E-state index contributed by atoms with van der Waals surface area (Å²) in [6, 6.07) is 6.96. The number of nitrogens with zero attached hydrogens (tertiary/aromatic N) is 2. The molecule has 2 aliphatic rings. The number of urea groups is 2. The topological polar surface area (TPSA) is 136 Å². The van der Waals surface area contributed by atoms with E-state index in [-0.39, 0.29) is 38.0 Å². The Morgan fingerprint density at radius 2 is 1.83 bits per heavy atom. The zero-order valence-electron chi connectivity index (χ0n) is 20.3. The van der Waals surface area contributed by atoms with Gasteiger partial charge in [-0.05, 0) is 24.8 Å². The summed E-state index contributed by atoms with van der Waals surface area (Å²) >= 11 is 0. The van der Waals surface area contributed by atoms with E-state index in [4.69, 9.17) is 0 Å². The van der Waals surface area contributed by atoms with E-state index in [0.717, 1.165) is 25.7 Å². The number of aliphatic hydroxyl groups excluding tert-OH is 1. The molecule has 3 rings (SSSR count). The molecule has 4 atom stereocenters. The van der Waals surface area contributed by atoms with Crippen molar-refractivity contribution < 1.29 is 34.0 Å². The van der Waals surface area contributed by atoms with E-state index >= 15 is 0 Å². The van der Waals surface area contributed by atoms with Crippen LogP contribution in [0.5, 0.6) is 0 Å². The first-order valence-corrected chi connectivity index (χ1v) is 12.4. The second-order valence-corrected chi connectivity index (χ2v) is 9.80. The molecule has 1 saturated carbocycles. The Labute approximate surface area is 205 Å². The Hall–Kier alpha value is -2.82. The third-order valence-electron chi connectivity index (χ3n) is 7.47. The van der Waals surface area contributed by atoms with Crippen LogP contribution < -0.4 is 10.6 Å². The fourth-order valence-corrected chi connectivity index (χ4v) is 5.53. The smallest absolute Gasteiger partial charge is 0.387 e. The summed E-state index contributed by atoms with van der Waals surface area (Å²) in [5.74, 6) is -0.798. The van der Waals surface area contributed by atoms with Crippen LogP contribution >= 0.6 is 0 Å². The number of benzene rings is 1. The summed E-state index contributed by atoms with van der Waals surface area (Å²) in [6.45, 7) is 1.77. The predicted molar refractivity (Wildman–Crippen MR) is 127 cm³/mol. The SMILES string of the molecule is C[C@@H]1CCC[N+]1(C(=O)NC(=O)NC[C@@H](O)c1ccccc1)C(=O)[C@H](CC1CCCC1)CN(O)C=O. The second-order valence-electron chi connectivity index (χ2n) is 9.80. The van der Waals surface area contributed by atoms with Gasteiger partial charge in [0.15, 0.2) is 0 Å². The molecule has 10 heteroatoms. The van der Waals surface area contributed by atoms with Crippen molar-refractivity contribution in [2.45, 2.75) is 64.0 Å². The van der Waals surface area contributed by atoms with E-state index in [9.17, 15) is 29.5 Å². The number of hydroxylamine groups is 2. The van der Waals surface area contributed by atoms with Gasteiger partial charge in [-0.15, -0.1) is 0 Å². The van der Waals surface area contributed by atoms with Crippen LogP contribution in [0, 0.1) is 11.8 Å². The van der Waals surface area contributed by atoms with Crippen molar-refractivity contribution in [1.29, 1.82) is 0 Å². The number of carbonyl (C=O) groups excluding carboxylic acids is 4. The van der Waals surface area contributed by atoms with Gasteiger partial charge < -0.3 is 10.4 Å². The molecule has 0 spiro atoms. The van der Waals surface area contributed by atoms with Gasteiger partial charge in [-0.1, -0.05) is 56.0 Å². The number of likely N-dealkylation sites (tertiary alicyclic amines) is 1. The van der Waals surface area contributed by atoms with Crippen molar-refractivity contribution in [3.8, 4) is 0 Å². The lowest BCUT2D eigenvalue weighted by atomic mass is 9.91. The number of nitrogens with one attached hydrogen (secondary N) is 2. The van der Waals surface area contributed by atoms with Crippen LogP contribution in [0.1, 0.15) is 63.5 Å². The summed E-state index contributed by atoms with van der Waals surface area (Å²) in [5.41, 5.74) is 0.629. The van der Waals surface area contributed by atoms with Gasteiger partial charge in [-0.25, -0.2) is 24.8 Å². The number of rotatable bonds is 9. The molecule has 1 aliphatic carbocycles. The van der Waals surface area contributed by atoms with Crippen molar-refractivity contribution in [1.82, 2.24) is 15.7 Å². The first kappa shape index (κ1) is 26.8. The van der Waals surface area contributed by atoms with Gasteiger partial charge in [0.05, 0.1) is 25.1 Å². The van der Waals surface area contributed by atoms with Gasteiger partial charge in [-0.2, -0.15) is 4.48 Å². The lowest BCUT2D eigenvalue weighted by Gasteiger charge is -2.36. The van der Waals surface area contributed by atoms with Crippen molar-refractivity contribution in [3.63, 3.8) is 0 Å². The largest absolute Gasteiger partial charge is 0.432 e. The molecule has 1 unspecified atom stereocenters. The minimum absolute atomic E-state index is 0.101. The van der Waals surface area contributed by atoms with Gasteiger partial charge in [0.1, 0.15) is 6.04 Å². The highest BCUT2D eigenvalue weighted by Gasteiger charge is 2.55. The van der Waals surface area contributed by atoms with Crippen LogP contribution in [0.25, 0.3) is 0 Å². The lowest BCUT2D eigenvalue weighted by Crippen LogP contribution is -2.66. The number of hydrogen-bond acceptors (Lipinski definition) is 6. The minimum atomic E-state index is -0.942. The molecule has 35 heavy (non-hydrogen) atoms. The van der Waals surface area contributed by atoms with E-state index < -0.39 is 28.6 Å². The van der Waals surface area contributed by atoms with Gasteiger partial charge in [0.25, 0.3) is 0 Å². The van der Waals surface area contributed by atoms with Crippen molar-refractivity contribution in [3.05, 3.63) is 35.9 Å². The van der Waals surface area contributed by atoms with Crippen molar-refractivity contribution in [2.24, 2.45) is 11.8 Å². The van der Waals surface area contributed by atoms with Crippen LogP contribution in [0.4, 0.5) is 9.59 Å². The maximum absolute atomic E-state index is 13.9. The molecule has 1 aromatic carbocycles. The molecule has 192 valence electrons. The van der Waals surface area contributed by atoms with E-state index in [2.05, 4.69) is 10.6 Å². The first-order chi connectivity index (χ1) is 16.8. The van der Waals surface area contributed by atoms with E-state index in [1.54, 1.807) is 24.3 Å². The van der Waals surface area contributed by atoms with Gasteiger partial charge in [0.2, 0.25) is 6.41 Å². The first-order valence-electron chi connectivity index (χ1n) is 12.4. The summed E-state index contributed by atoms with van der Waals surface area (Å²) < 4.78 is -0.543. The summed E-state index contributed by atoms with van der Waals surface area (Å²) in [5, 5.41) is 25.4. The zero-order valence-corrected chi connectivity index (χ0v) is 20.3. The van der Waals surface area contributed by atoms with Gasteiger partial charge in [-0.3, -0.25) is 10.0 Å². The summed E-state index contributed by atoms with van der Waals surface area (Å²) in [7, 11) is 0. The number of hydrogen-bond donors (Lipinski definition) is 4. The van der Waals surface area contributed by atoms with Crippen LogP contribution in [0.15, 0.2) is 30.3 Å². The Morgan fingerprint density at radius 3 is 2.43 bits per heavy atom. The Kier molecular flexibility index (Phi) is 9.36. The molecule has 4 N–H and O–H groups in total. The van der Waals surface area contributed by atoms with E-state index in [1.165, 1.54) is 0 Å². The number of imide groups is 2. The fourth-order valence-electron chi connectivity index (χ4n) is 5.53. The highest BCUT2D eigenvalue weighted by Crippen LogP contribution is 2.35. The van der Waals surface area contributed by atoms with Crippen LogP contribution in [0.2, 0.25) is 0 Å². The Balaban J connectivity index is 1.71. The molecule has 1 heterocycles. The molecular weight excluding hydrogens is 452 g/mol. The number of amides is 6. The minimum Gasteiger partial charge on any atom is -0.387 e. The van der Waals surface area contributed by atoms with Crippen LogP contribution in [0.3, 0.4) is 0 Å².